The van der Waals surface area contributed by atoms with Crippen molar-refractivity contribution in [3.05, 3.63) is 34.9 Å². The molecule has 0 unspecified atom stereocenters. The third-order valence-electron chi connectivity index (χ3n) is 2.96. The van der Waals surface area contributed by atoms with Gasteiger partial charge in [0.15, 0.2) is 6.04 Å². The standard InChI is InChI=1S/C12H19ClN2/c1-3-15(4-2)12(9-14)10-5-7-11(13)8-6-10/h5-8,12H,3-4,9,14H2,1-2H3/p+2/t12-/m1/s1. The molecule has 0 heterocycles. The van der Waals surface area contributed by atoms with Gasteiger partial charge in [0, 0.05) is 10.6 Å². The van der Waals surface area contributed by atoms with E-state index < -0.39 is 0 Å². The first kappa shape index (κ1) is 12.5. The molecule has 1 aromatic carbocycles. The van der Waals surface area contributed by atoms with Crippen molar-refractivity contribution >= 4 is 11.6 Å². The minimum absolute atomic E-state index is 0.497. The zero-order valence-corrected chi connectivity index (χ0v) is 10.3. The summed E-state index contributed by atoms with van der Waals surface area (Å²) >= 11 is 5.88. The summed E-state index contributed by atoms with van der Waals surface area (Å²) in [6, 6.07) is 8.65. The molecule has 0 bridgehead atoms. The van der Waals surface area contributed by atoms with Crippen LogP contribution in [0, 0.1) is 0 Å². The highest BCUT2D eigenvalue weighted by Crippen LogP contribution is 2.13. The Bertz CT molecular complexity index is 280. The normalized spacial score (nSPS) is 13.1. The van der Waals surface area contributed by atoms with Gasteiger partial charge >= 0.3 is 0 Å². The van der Waals surface area contributed by atoms with Crippen LogP contribution in [0.2, 0.25) is 5.02 Å². The van der Waals surface area contributed by atoms with Gasteiger partial charge < -0.3 is 10.6 Å². The fourth-order valence-electron chi connectivity index (χ4n) is 2.04. The third-order valence-corrected chi connectivity index (χ3v) is 3.21. The molecule has 0 spiro atoms. The summed E-state index contributed by atoms with van der Waals surface area (Å²) < 4.78 is 0. The first-order valence-corrected chi connectivity index (χ1v) is 6.00. The highest BCUT2D eigenvalue weighted by molar-refractivity contribution is 6.30. The van der Waals surface area contributed by atoms with Gasteiger partial charge in [0.05, 0.1) is 13.1 Å². The fourth-order valence-corrected chi connectivity index (χ4v) is 2.17. The lowest BCUT2D eigenvalue weighted by molar-refractivity contribution is -0.934. The molecule has 1 atom stereocenters. The quantitative estimate of drug-likeness (QED) is 0.738. The lowest BCUT2D eigenvalue weighted by Gasteiger charge is -2.24. The van der Waals surface area contributed by atoms with Crippen LogP contribution in [-0.4, -0.2) is 19.6 Å². The number of quaternary nitrogens is 2. The van der Waals surface area contributed by atoms with E-state index in [4.69, 9.17) is 11.6 Å². The van der Waals surface area contributed by atoms with Crippen LogP contribution in [0.4, 0.5) is 0 Å². The molecule has 1 rings (SSSR count). The average molecular weight is 229 g/mol. The number of hydrogen-bond acceptors (Lipinski definition) is 0. The molecule has 0 aliphatic heterocycles. The smallest absolute Gasteiger partial charge is 0.162 e. The third kappa shape index (κ3) is 3.20. The Morgan fingerprint density at radius 3 is 2.13 bits per heavy atom. The largest absolute Gasteiger partial charge is 0.352 e. The topological polar surface area (TPSA) is 32.1 Å². The predicted octanol–water partition coefficient (Wildman–Crippen LogP) is 0.548. The van der Waals surface area contributed by atoms with Gasteiger partial charge in [-0.1, -0.05) is 23.7 Å². The van der Waals surface area contributed by atoms with Gasteiger partial charge in [-0.3, -0.25) is 0 Å². The first-order chi connectivity index (χ1) is 7.22. The number of benzene rings is 1. The van der Waals surface area contributed by atoms with Crippen LogP contribution in [0.5, 0.6) is 0 Å². The summed E-state index contributed by atoms with van der Waals surface area (Å²) in [5.74, 6) is 0. The van der Waals surface area contributed by atoms with E-state index in [0.717, 1.165) is 24.7 Å². The molecule has 0 aliphatic carbocycles. The molecule has 0 amide bonds. The molecule has 0 radical (unpaired) electrons. The molecule has 2 nitrogen and oxygen atoms in total. The van der Waals surface area contributed by atoms with Crippen LogP contribution in [0.3, 0.4) is 0 Å². The zero-order chi connectivity index (χ0) is 11.3. The summed E-state index contributed by atoms with van der Waals surface area (Å²) in [6.45, 7) is 7.64. The van der Waals surface area contributed by atoms with Crippen molar-refractivity contribution in [2.75, 3.05) is 19.6 Å². The average Bonchev–Trinajstić information content (AvgIpc) is 2.27. The van der Waals surface area contributed by atoms with Crippen molar-refractivity contribution in [1.82, 2.24) is 0 Å². The molecular formula is C12H21ClN2+2. The maximum Gasteiger partial charge on any atom is 0.162 e. The van der Waals surface area contributed by atoms with Gasteiger partial charge in [0.25, 0.3) is 0 Å². The zero-order valence-electron chi connectivity index (χ0n) is 9.59. The summed E-state index contributed by atoms with van der Waals surface area (Å²) in [7, 11) is 0. The van der Waals surface area contributed by atoms with Crippen molar-refractivity contribution in [2.45, 2.75) is 19.9 Å². The van der Waals surface area contributed by atoms with E-state index in [9.17, 15) is 0 Å². The summed E-state index contributed by atoms with van der Waals surface area (Å²) in [6.07, 6.45) is 0. The molecule has 0 aliphatic rings. The van der Waals surface area contributed by atoms with E-state index in [-0.39, 0.29) is 0 Å². The Kier molecular flexibility index (Phi) is 5.09. The van der Waals surface area contributed by atoms with E-state index in [1.54, 1.807) is 4.90 Å². The Morgan fingerprint density at radius 1 is 1.20 bits per heavy atom. The monoisotopic (exact) mass is 228 g/mol. The van der Waals surface area contributed by atoms with Crippen molar-refractivity contribution in [3.63, 3.8) is 0 Å². The van der Waals surface area contributed by atoms with E-state index >= 15 is 0 Å². The molecule has 3 heteroatoms. The highest BCUT2D eigenvalue weighted by Gasteiger charge is 2.21. The van der Waals surface area contributed by atoms with E-state index in [0.29, 0.717) is 6.04 Å². The van der Waals surface area contributed by atoms with Crippen molar-refractivity contribution < 1.29 is 10.6 Å². The number of nitrogens with one attached hydrogen (secondary N) is 1. The van der Waals surface area contributed by atoms with E-state index in [2.05, 4.69) is 31.7 Å². The summed E-state index contributed by atoms with van der Waals surface area (Å²) in [5.41, 5.74) is 5.39. The van der Waals surface area contributed by atoms with Crippen molar-refractivity contribution in [1.29, 1.82) is 0 Å². The Balaban J connectivity index is 2.86. The van der Waals surface area contributed by atoms with Gasteiger partial charge in [0.1, 0.15) is 6.54 Å². The fraction of sp³-hybridized carbons (Fsp3) is 0.500. The lowest BCUT2D eigenvalue weighted by atomic mass is 10.1. The number of halogens is 1. The Labute approximate surface area is 97.0 Å². The second-order valence-corrected chi connectivity index (χ2v) is 4.19. The van der Waals surface area contributed by atoms with Crippen LogP contribution in [-0.2, 0) is 0 Å². The van der Waals surface area contributed by atoms with Gasteiger partial charge in [-0.2, -0.15) is 0 Å². The van der Waals surface area contributed by atoms with Gasteiger partial charge in [-0.25, -0.2) is 0 Å². The van der Waals surface area contributed by atoms with Gasteiger partial charge in [0.2, 0.25) is 0 Å². The molecule has 0 aromatic heterocycles. The van der Waals surface area contributed by atoms with E-state index in [1.807, 2.05) is 12.1 Å². The number of rotatable bonds is 5. The molecule has 84 valence electrons. The van der Waals surface area contributed by atoms with E-state index in [1.165, 1.54) is 5.56 Å². The number of likely N-dealkylation sites (N-methyl/N-ethyl adjacent to an activating group) is 1. The molecule has 0 saturated carbocycles. The van der Waals surface area contributed by atoms with Crippen LogP contribution < -0.4 is 10.6 Å². The molecule has 0 fully saturated rings. The maximum absolute atomic E-state index is 5.88. The molecular weight excluding hydrogens is 208 g/mol. The second-order valence-electron chi connectivity index (χ2n) is 3.76. The summed E-state index contributed by atoms with van der Waals surface area (Å²) in [5, 5.41) is 0.802. The lowest BCUT2D eigenvalue weighted by Crippen LogP contribution is -3.13. The molecule has 15 heavy (non-hydrogen) atoms. The summed E-state index contributed by atoms with van der Waals surface area (Å²) in [4.78, 5) is 1.58. The van der Waals surface area contributed by atoms with Gasteiger partial charge in [-0.05, 0) is 26.0 Å². The Hall–Kier alpha value is -0.570. The van der Waals surface area contributed by atoms with Crippen LogP contribution in [0.25, 0.3) is 0 Å². The minimum atomic E-state index is 0.497. The number of hydrogen-bond donors (Lipinski definition) is 2. The molecule has 1 aromatic rings. The molecule has 4 N–H and O–H groups in total. The predicted molar refractivity (Wildman–Crippen MR) is 64.0 cm³/mol. The van der Waals surface area contributed by atoms with Crippen LogP contribution >= 0.6 is 11.6 Å². The SMILES string of the molecule is CC[NH+](CC)[C@H](C[NH3+])c1ccc(Cl)cc1. The first-order valence-electron chi connectivity index (χ1n) is 5.62. The minimum Gasteiger partial charge on any atom is -0.352 e. The highest BCUT2D eigenvalue weighted by atomic mass is 35.5. The molecule has 0 saturated heterocycles. The van der Waals surface area contributed by atoms with Crippen molar-refractivity contribution in [2.24, 2.45) is 0 Å². The van der Waals surface area contributed by atoms with Crippen LogP contribution in [0.15, 0.2) is 24.3 Å². The van der Waals surface area contributed by atoms with Crippen molar-refractivity contribution in [3.8, 4) is 0 Å². The second kappa shape index (κ2) is 6.11. The Morgan fingerprint density at radius 2 is 1.73 bits per heavy atom. The van der Waals surface area contributed by atoms with Gasteiger partial charge in [-0.15, -0.1) is 0 Å². The maximum atomic E-state index is 5.88. The van der Waals surface area contributed by atoms with Crippen LogP contribution in [0.1, 0.15) is 25.5 Å².